The highest BCUT2D eigenvalue weighted by molar-refractivity contribution is 5.92. The van der Waals surface area contributed by atoms with E-state index in [0.29, 0.717) is 18.7 Å². The molecule has 1 saturated heterocycles. The van der Waals surface area contributed by atoms with Gasteiger partial charge in [-0.3, -0.25) is 14.3 Å². The zero-order chi connectivity index (χ0) is 13.4. The van der Waals surface area contributed by atoms with Crippen molar-refractivity contribution in [3.05, 3.63) is 30.1 Å². The molecule has 0 atom stereocenters. The molecule has 1 fully saturated rings. The molecule has 0 saturated carbocycles. The Morgan fingerprint density at radius 2 is 1.95 bits per heavy atom. The summed E-state index contributed by atoms with van der Waals surface area (Å²) in [5.41, 5.74) is 5.59. The van der Waals surface area contributed by atoms with Crippen molar-refractivity contribution in [2.24, 2.45) is 11.7 Å². The number of hydrogen-bond donors (Lipinski definition) is 1. The molecule has 1 aromatic heterocycles. The van der Waals surface area contributed by atoms with Crippen LogP contribution in [0.2, 0.25) is 0 Å². The maximum Gasteiger partial charge on any atom is 0.251 e. The molecule has 2 amide bonds. The standard InChI is InChI=1S/C13H16N4O2/c14-12(18)10-5-15-17(6-10)11-7-16(8-11)13(19)9-3-1-2-4-9/h1-2,5-6,9,11H,3-4,7-8H2,(H2,14,18). The fourth-order valence-corrected chi connectivity index (χ4v) is 2.54. The lowest BCUT2D eigenvalue weighted by atomic mass is 10.0. The fraction of sp³-hybridized carbons (Fsp3) is 0.462. The molecule has 0 unspecified atom stereocenters. The van der Waals surface area contributed by atoms with Crippen molar-refractivity contribution in [1.29, 1.82) is 0 Å². The van der Waals surface area contributed by atoms with E-state index in [9.17, 15) is 9.59 Å². The summed E-state index contributed by atoms with van der Waals surface area (Å²) in [6, 6.07) is 0.159. The Morgan fingerprint density at radius 3 is 2.53 bits per heavy atom. The SMILES string of the molecule is NC(=O)c1cnn(C2CN(C(=O)C3CC=CC3)C2)c1. The molecule has 6 nitrogen and oxygen atoms in total. The zero-order valence-corrected chi connectivity index (χ0v) is 10.5. The van der Waals surface area contributed by atoms with Gasteiger partial charge in [0.2, 0.25) is 5.91 Å². The number of likely N-dealkylation sites (tertiary alicyclic amines) is 1. The topological polar surface area (TPSA) is 81.2 Å². The highest BCUT2D eigenvalue weighted by atomic mass is 16.2. The predicted octanol–water partition coefficient (Wildman–Crippen LogP) is 0.331. The molecule has 2 aliphatic rings. The van der Waals surface area contributed by atoms with E-state index in [1.54, 1.807) is 10.9 Å². The van der Waals surface area contributed by atoms with Crippen LogP contribution in [0, 0.1) is 5.92 Å². The molecule has 0 aromatic carbocycles. The highest BCUT2D eigenvalue weighted by Gasteiger charge is 2.35. The Labute approximate surface area is 110 Å². The second-order valence-corrected chi connectivity index (χ2v) is 5.11. The van der Waals surface area contributed by atoms with Crippen LogP contribution in [-0.4, -0.2) is 39.6 Å². The summed E-state index contributed by atoms with van der Waals surface area (Å²) in [4.78, 5) is 24.9. The largest absolute Gasteiger partial charge is 0.366 e. The van der Waals surface area contributed by atoms with Gasteiger partial charge in [-0.2, -0.15) is 5.10 Å². The van der Waals surface area contributed by atoms with E-state index < -0.39 is 5.91 Å². The molecule has 6 heteroatoms. The summed E-state index contributed by atoms with van der Waals surface area (Å²) in [6.07, 6.45) is 8.94. The minimum atomic E-state index is -0.476. The van der Waals surface area contributed by atoms with E-state index >= 15 is 0 Å². The maximum absolute atomic E-state index is 12.1. The van der Waals surface area contributed by atoms with Gasteiger partial charge < -0.3 is 10.6 Å². The van der Waals surface area contributed by atoms with Crippen molar-refractivity contribution in [3.63, 3.8) is 0 Å². The summed E-state index contributed by atoms with van der Waals surface area (Å²) in [6.45, 7) is 1.32. The highest BCUT2D eigenvalue weighted by Crippen LogP contribution is 2.27. The summed E-state index contributed by atoms with van der Waals surface area (Å²) in [7, 11) is 0. The third-order valence-electron chi connectivity index (χ3n) is 3.79. The minimum Gasteiger partial charge on any atom is -0.366 e. The number of allylic oxidation sites excluding steroid dienone is 2. The van der Waals surface area contributed by atoms with Crippen LogP contribution in [0.1, 0.15) is 29.2 Å². The molecule has 2 heterocycles. The average molecular weight is 260 g/mol. The lowest BCUT2D eigenvalue weighted by Gasteiger charge is -2.40. The van der Waals surface area contributed by atoms with E-state index in [1.165, 1.54) is 6.20 Å². The van der Waals surface area contributed by atoms with Gasteiger partial charge in [0.15, 0.2) is 0 Å². The first-order valence-corrected chi connectivity index (χ1v) is 6.43. The van der Waals surface area contributed by atoms with Crippen molar-refractivity contribution in [3.8, 4) is 0 Å². The molecular weight excluding hydrogens is 244 g/mol. The van der Waals surface area contributed by atoms with Crippen LogP contribution in [-0.2, 0) is 4.79 Å². The lowest BCUT2D eigenvalue weighted by molar-refractivity contribution is -0.141. The second kappa shape index (κ2) is 4.53. The number of rotatable bonds is 3. The Hall–Kier alpha value is -2.11. The molecule has 1 aliphatic heterocycles. The van der Waals surface area contributed by atoms with E-state index in [2.05, 4.69) is 17.3 Å². The minimum absolute atomic E-state index is 0.125. The number of amides is 2. The Balaban J connectivity index is 1.57. The van der Waals surface area contributed by atoms with Crippen LogP contribution in [0.3, 0.4) is 0 Å². The quantitative estimate of drug-likeness (QED) is 0.795. The van der Waals surface area contributed by atoms with Gasteiger partial charge in [0.1, 0.15) is 0 Å². The average Bonchev–Trinajstić information content (AvgIpc) is 2.98. The molecule has 19 heavy (non-hydrogen) atoms. The maximum atomic E-state index is 12.1. The van der Waals surface area contributed by atoms with Crippen LogP contribution >= 0.6 is 0 Å². The summed E-state index contributed by atoms with van der Waals surface area (Å²) >= 11 is 0. The van der Waals surface area contributed by atoms with E-state index in [1.807, 2.05) is 4.90 Å². The number of carbonyl (C=O) groups is 2. The second-order valence-electron chi connectivity index (χ2n) is 5.11. The number of primary amides is 1. The summed E-state index contributed by atoms with van der Waals surface area (Å²) < 4.78 is 1.72. The fourth-order valence-electron chi connectivity index (χ4n) is 2.54. The van der Waals surface area contributed by atoms with Gasteiger partial charge in [0.05, 0.1) is 17.8 Å². The smallest absolute Gasteiger partial charge is 0.251 e. The number of carbonyl (C=O) groups excluding carboxylic acids is 2. The third kappa shape index (κ3) is 2.14. The predicted molar refractivity (Wildman–Crippen MR) is 68.2 cm³/mol. The van der Waals surface area contributed by atoms with E-state index in [-0.39, 0.29) is 17.9 Å². The summed E-state index contributed by atoms with van der Waals surface area (Å²) in [5.74, 6) is -0.126. The first kappa shape index (κ1) is 12.0. The van der Waals surface area contributed by atoms with Crippen molar-refractivity contribution in [2.75, 3.05) is 13.1 Å². The van der Waals surface area contributed by atoms with Gasteiger partial charge in [-0.15, -0.1) is 0 Å². The Bertz CT molecular complexity index is 535. The number of hydrogen-bond acceptors (Lipinski definition) is 3. The van der Waals surface area contributed by atoms with Crippen LogP contribution < -0.4 is 5.73 Å². The monoisotopic (exact) mass is 260 g/mol. The molecule has 100 valence electrons. The van der Waals surface area contributed by atoms with Crippen LogP contribution in [0.15, 0.2) is 24.5 Å². The van der Waals surface area contributed by atoms with Gasteiger partial charge in [0.25, 0.3) is 5.91 Å². The molecule has 0 radical (unpaired) electrons. The molecule has 3 rings (SSSR count). The number of nitrogens with two attached hydrogens (primary N) is 1. The van der Waals surface area contributed by atoms with Crippen LogP contribution in [0.5, 0.6) is 0 Å². The Morgan fingerprint density at radius 1 is 1.26 bits per heavy atom. The molecule has 1 aromatic rings. The van der Waals surface area contributed by atoms with Gasteiger partial charge >= 0.3 is 0 Å². The first-order chi connectivity index (χ1) is 9.15. The third-order valence-corrected chi connectivity index (χ3v) is 3.79. The number of nitrogens with zero attached hydrogens (tertiary/aromatic N) is 3. The molecule has 0 spiro atoms. The Kier molecular flexibility index (Phi) is 2.85. The summed E-state index contributed by atoms with van der Waals surface area (Å²) in [5, 5.41) is 4.12. The molecule has 1 aliphatic carbocycles. The van der Waals surface area contributed by atoms with Crippen molar-refractivity contribution < 1.29 is 9.59 Å². The van der Waals surface area contributed by atoms with Gasteiger partial charge in [-0.05, 0) is 12.8 Å². The lowest BCUT2D eigenvalue weighted by Crippen LogP contribution is -2.52. The van der Waals surface area contributed by atoms with E-state index in [0.717, 1.165) is 12.8 Å². The van der Waals surface area contributed by atoms with Gasteiger partial charge in [0, 0.05) is 25.2 Å². The normalized spacial score (nSPS) is 19.7. The van der Waals surface area contributed by atoms with Gasteiger partial charge in [-0.25, -0.2) is 0 Å². The van der Waals surface area contributed by atoms with Crippen LogP contribution in [0.4, 0.5) is 0 Å². The van der Waals surface area contributed by atoms with Crippen LogP contribution in [0.25, 0.3) is 0 Å². The molecular formula is C13H16N4O2. The van der Waals surface area contributed by atoms with Crippen molar-refractivity contribution in [2.45, 2.75) is 18.9 Å². The van der Waals surface area contributed by atoms with Crippen molar-refractivity contribution >= 4 is 11.8 Å². The first-order valence-electron chi connectivity index (χ1n) is 6.43. The van der Waals surface area contributed by atoms with E-state index in [4.69, 9.17) is 5.73 Å². The molecule has 0 bridgehead atoms. The number of aromatic nitrogens is 2. The van der Waals surface area contributed by atoms with Gasteiger partial charge in [-0.1, -0.05) is 12.2 Å². The van der Waals surface area contributed by atoms with Crippen molar-refractivity contribution in [1.82, 2.24) is 14.7 Å². The zero-order valence-electron chi connectivity index (χ0n) is 10.5. The molecule has 2 N–H and O–H groups in total.